The van der Waals surface area contributed by atoms with Gasteiger partial charge in [0.25, 0.3) is 0 Å². The number of nitrogens with zero attached hydrogens (tertiary/aromatic N) is 2. The highest BCUT2D eigenvalue weighted by atomic mass is 32.2. The van der Waals surface area contributed by atoms with E-state index in [1.807, 2.05) is 44.2 Å². The summed E-state index contributed by atoms with van der Waals surface area (Å²) >= 11 is 0. The van der Waals surface area contributed by atoms with Gasteiger partial charge in [0.05, 0.1) is 10.3 Å². The Morgan fingerprint density at radius 1 is 1.00 bits per heavy atom. The minimum absolute atomic E-state index is 0.185. The van der Waals surface area contributed by atoms with Crippen molar-refractivity contribution in [2.75, 3.05) is 38.0 Å². The minimum atomic E-state index is -3.58. The lowest BCUT2D eigenvalue weighted by atomic mass is 9.83. The zero-order valence-electron chi connectivity index (χ0n) is 17.3. The Morgan fingerprint density at radius 2 is 1.66 bits per heavy atom. The molecule has 0 radical (unpaired) electrons. The van der Waals surface area contributed by atoms with Crippen molar-refractivity contribution in [1.82, 2.24) is 9.21 Å². The predicted octanol–water partition coefficient (Wildman–Crippen LogP) is 2.93. The second kappa shape index (κ2) is 8.65. The van der Waals surface area contributed by atoms with E-state index < -0.39 is 15.4 Å². The van der Waals surface area contributed by atoms with E-state index >= 15 is 0 Å². The van der Waals surface area contributed by atoms with Crippen molar-refractivity contribution in [1.29, 1.82) is 0 Å². The SMILES string of the molecule is CCN1CCN(S(=O)(=O)c2cccc(NC(=O)C(C)(C)c3ccccc3)c2)CC1. The highest BCUT2D eigenvalue weighted by molar-refractivity contribution is 7.89. The molecule has 1 aliphatic rings. The number of anilines is 1. The number of rotatable bonds is 6. The summed E-state index contributed by atoms with van der Waals surface area (Å²) in [4.78, 5) is 15.3. The molecule has 1 amide bonds. The van der Waals surface area contributed by atoms with Crippen LogP contribution in [-0.4, -0.2) is 56.3 Å². The molecule has 156 valence electrons. The first-order valence-electron chi connectivity index (χ1n) is 9.94. The van der Waals surface area contributed by atoms with Gasteiger partial charge < -0.3 is 10.2 Å². The van der Waals surface area contributed by atoms with E-state index in [0.29, 0.717) is 18.8 Å². The van der Waals surface area contributed by atoms with Crippen LogP contribution in [-0.2, 0) is 20.2 Å². The molecule has 1 heterocycles. The maximum Gasteiger partial charge on any atom is 0.243 e. The third-order valence-electron chi connectivity index (χ3n) is 5.57. The summed E-state index contributed by atoms with van der Waals surface area (Å²) in [7, 11) is -3.58. The van der Waals surface area contributed by atoms with Crippen LogP contribution >= 0.6 is 0 Å². The maximum atomic E-state index is 13.0. The molecule has 0 aliphatic carbocycles. The van der Waals surface area contributed by atoms with Crippen LogP contribution in [0.25, 0.3) is 0 Å². The number of amides is 1. The molecule has 0 unspecified atom stereocenters. The molecule has 1 fully saturated rings. The second-order valence-corrected chi connectivity index (χ2v) is 9.75. The lowest BCUT2D eigenvalue weighted by molar-refractivity contribution is -0.120. The molecule has 29 heavy (non-hydrogen) atoms. The number of piperazine rings is 1. The van der Waals surface area contributed by atoms with Gasteiger partial charge in [0.15, 0.2) is 0 Å². The van der Waals surface area contributed by atoms with E-state index in [9.17, 15) is 13.2 Å². The topological polar surface area (TPSA) is 69.7 Å². The van der Waals surface area contributed by atoms with Crippen LogP contribution in [0.5, 0.6) is 0 Å². The molecular weight excluding hydrogens is 386 g/mol. The third-order valence-corrected chi connectivity index (χ3v) is 7.47. The molecule has 0 spiro atoms. The summed E-state index contributed by atoms with van der Waals surface area (Å²) < 4.78 is 27.6. The van der Waals surface area contributed by atoms with E-state index in [4.69, 9.17) is 0 Å². The number of carbonyl (C=O) groups is 1. The minimum Gasteiger partial charge on any atom is -0.325 e. The van der Waals surface area contributed by atoms with Crippen LogP contribution in [0.4, 0.5) is 5.69 Å². The highest BCUT2D eigenvalue weighted by Gasteiger charge is 2.31. The van der Waals surface area contributed by atoms with Crippen LogP contribution in [0.15, 0.2) is 59.5 Å². The molecule has 1 saturated heterocycles. The van der Waals surface area contributed by atoms with Crippen molar-refractivity contribution in [3.05, 3.63) is 60.2 Å². The molecule has 0 atom stereocenters. The summed E-state index contributed by atoms with van der Waals surface area (Å²) in [6.07, 6.45) is 0. The molecule has 7 heteroatoms. The quantitative estimate of drug-likeness (QED) is 0.788. The molecule has 2 aromatic rings. The van der Waals surface area contributed by atoms with Gasteiger partial charge in [-0.15, -0.1) is 0 Å². The van der Waals surface area contributed by atoms with E-state index in [0.717, 1.165) is 25.2 Å². The number of hydrogen-bond acceptors (Lipinski definition) is 4. The Morgan fingerprint density at radius 3 is 2.28 bits per heavy atom. The Balaban J connectivity index is 1.76. The number of nitrogens with one attached hydrogen (secondary N) is 1. The third kappa shape index (κ3) is 4.69. The number of sulfonamides is 1. The van der Waals surface area contributed by atoms with Gasteiger partial charge in [-0.25, -0.2) is 8.42 Å². The van der Waals surface area contributed by atoms with Crippen LogP contribution in [0.2, 0.25) is 0 Å². The van der Waals surface area contributed by atoms with Crippen molar-refractivity contribution < 1.29 is 13.2 Å². The van der Waals surface area contributed by atoms with Gasteiger partial charge in [0.1, 0.15) is 0 Å². The van der Waals surface area contributed by atoms with Gasteiger partial charge in [-0.05, 0) is 44.2 Å². The van der Waals surface area contributed by atoms with Crippen LogP contribution in [0, 0.1) is 0 Å². The first-order valence-corrected chi connectivity index (χ1v) is 11.4. The van der Waals surface area contributed by atoms with Gasteiger partial charge in [-0.1, -0.05) is 43.3 Å². The van der Waals surface area contributed by atoms with Gasteiger partial charge >= 0.3 is 0 Å². The van der Waals surface area contributed by atoms with Crippen molar-refractivity contribution in [3.8, 4) is 0 Å². The normalized spacial score (nSPS) is 16.5. The summed E-state index contributed by atoms with van der Waals surface area (Å²) in [5.74, 6) is -0.185. The van der Waals surface area contributed by atoms with Crippen molar-refractivity contribution in [2.45, 2.75) is 31.1 Å². The summed E-state index contributed by atoms with van der Waals surface area (Å²) in [5, 5.41) is 2.88. The summed E-state index contributed by atoms with van der Waals surface area (Å²) in [6, 6.07) is 16.0. The van der Waals surface area contributed by atoms with E-state index in [1.165, 1.54) is 4.31 Å². The Kier molecular flexibility index (Phi) is 6.41. The maximum absolute atomic E-state index is 13.0. The standard InChI is InChI=1S/C22H29N3O3S/c1-4-24-13-15-25(16-14-24)29(27,28)20-12-8-11-19(17-20)23-21(26)22(2,3)18-9-6-5-7-10-18/h5-12,17H,4,13-16H2,1-3H3,(H,23,26). The summed E-state index contributed by atoms with van der Waals surface area (Å²) in [5.41, 5.74) is 0.634. The number of carbonyl (C=O) groups excluding carboxylic acids is 1. The Hall–Kier alpha value is -2.22. The zero-order chi connectivity index (χ0) is 21.1. The van der Waals surface area contributed by atoms with Crippen LogP contribution < -0.4 is 5.32 Å². The van der Waals surface area contributed by atoms with Gasteiger partial charge in [-0.2, -0.15) is 4.31 Å². The Bertz CT molecular complexity index is 950. The first-order chi connectivity index (χ1) is 13.7. The molecule has 0 bridgehead atoms. The second-order valence-electron chi connectivity index (χ2n) is 7.81. The molecule has 3 rings (SSSR count). The van der Waals surface area contributed by atoms with Crippen LogP contribution in [0.1, 0.15) is 26.3 Å². The number of likely N-dealkylation sites (N-methyl/N-ethyl adjacent to an activating group) is 1. The first kappa shape index (κ1) is 21.5. The van der Waals surface area contributed by atoms with Gasteiger partial charge in [0.2, 0.25) is 15.9 Å². The molecule has 0 saturated carbocycles. The number of benzene rings is 2. The average Bonchev–Trinajstić information content (AvgIpc) is 2.74. The Labute approximate surface area is 173 Å². The smallest absolute Gasteiger partial charge is 0.243 e. The fourth-order valence-electron chi connectivity index (χ4n) is 3.44. The average molecular weight is 416 g/mol. The fraction of sp³-hybridized carbons (Fsp3) is 0.409. The highest BCUT2D eigenvalue weighted by Crippen LogP contribution is 2.26. The van der Waals surface area contributed by atoms with Crippen molar-refractivity contribution >= 4 is 21.6 Å². The van der Waals surface area contributed by atoms with Crippen molar-refractivity contribution in [3.63, 3.8) is 0 Å². The monoisotopic (exact) mass is 415 g/mol. The summed E-state index contributed by atoms with van der Waals surface area (Å²) in [6.45, 7) is 9.13. The molecule has 1 N–H and O–H groups in total. The molecule has 1 aliphatic heterocycles. The molecule has 6 nitrogen and oxygen atoms in total. The fourth-order valence-corrected chi connectivity index (χ4v) is 4.91. The van der Waals surface area contributed by atoms with E-state index in [1.54, 1.807) is 24.3 Å². The van der Waals surface area contributed by atoms with Gasteiger partial charge in [-0.3, -0.25) is 4.79 Å². The van der Waals surface area contributed by atoms with E-state index in [-0.39, 0.29) is 10.8 Å². The number of hydrogen-bond donors (Lipinski definition) is 1. The lowest BCUT2D eigenvalue weighted by Gasteiger charge is -2.33. The van der Waals surface area contributed by atoms with E-state index in [2.05, 4.69) is 17.1 Å². The molecule has 2 aromatic carbocycles. The molecule has 0 aromatic heterocycles. The zero-order valence-corrected chi connectivity index (χ0v) is 18.1. The van der Waals surface area contributed by atoms with Crippen molar-refractivity contribution in [2.24, 2.45) is 0 Å². The van der Waals surface area contributed by atoms with Crippen LogP contribution in [0.3, 0.4) is 0 Å². The molecular formula is C22H29N3O3S. The van der Waals surface area contributed by atoms with Gasteiger partial charge in [0, 0.05) is 31.9 Å². The largest absolute Gasteiger partial charge is 0.325 e. The lowest BCUT2D eigenvalue weighted by Crippen LogP contribution is -2.48. The predicted molar refractivity (Wildman–Crippen MR) is 115 cm³/mol.